The van der Waals surface area contributed by atoms with Crippen molar-refractivity contribution in [3.05, 3.63) is 96.0 Å². The molecule has 3 heterocycles. The van der Waals surface area contributed by atoms with Gasteiger partial charge in [0.15, 0.2) is 5.82 Å². The van der Waals surface area contributed by atoms with Gasteiger partial charge in [-0.15, -0.1) is 0 Å². The first-order valence-corrected chi connectivity index (χ1v) is 12.8. The summed E-state index contributed by atoms with van der Waals surface area (Å²) in [5.41, 5.74) is 12.0. The number of pyridine rings is 1. The summed E-state index contributed by atoms with van der Waals surface area (Å²) >= 11 is 0. The molecule has 6 rings (SSSR count). The highest BCUT2D eigenvalue weighted by Crippen LogP contribution is 2.39. The van der Waals surface area contributed by atoms with Gasteiger partial charge in [-0.1, -0.05) is 18.9 Å². The fourth-order valence-electron chi connectivity index (χ4n) is 5.09. The van der Waals surface area contributed by atoms with Crippen LogP contribution < -0.4 is 15.2 Å². The second kappa shape index (κ2) is 10.1. The summed E-state index contributed by atoms with van der Waals surface area (Å²) in [6.45, 7) is 2.21. The molecule has 2 N–H and O–H groups in total. The van der Waals surface area contributed by atoms with E-state index in [2.05, 4.69) is 25.7 Å². The number of ether oxygens (including phenoxy) is 2. The van der Waals surface area contributed by atoms with Gasteiger partial charge in [-0.05, 0) is 61.6 Å². The molecule has 38 heavy (non-hydrogen) atoms. The summed E-state index contributed by atoms with van der Waals surface area (Å²) < 4.78 is 28.1. The van der Waals surface area contributed by atoms with Gasteiger partial charge >= 0.3 is 0 Å². The Morgan fingerprint density at radius 2 is 1.74 bits per heavy atom. The van der Waals surface area contributed by atoms with Crippen LogP contribution in [0.5, 0.6) is 17.2 Å². The molecular formula is C30H28FN5O2. The predicted molar refractivity (Wildman–Crippen MR) is 144 cm³/mol. The number of nitrogens with two attached hydrogens (primary N) is 1. The molecule has 1 aliphatic rings. The maximum atomic E-state index is 14.3. The molecule has 1 fully saturated rings. The van der Waals surface area contributed by atoms with Gasteiger partial charge in [0.05, 0.1) is 5.52 Å². The fraction of sp³-hybridized carbons (Fsp3) is 0.233. The van der Waals surface area contributed by atoms with E-state index in [1.165, 1.54) is 36.9 Å². The highest BCUT2D eigenvalue weighted by atomic mass is 19.1. The Morgan fingerprint density at radius 3 is 2.50 bits per heavy atom. The Balaban J connectivity index is 1.22. The monoisotopic (exact) mass is 509 g/mol. The van der Waals surface area contributed by atoms with Crippen LogP contribution in [0.25, 0.3) is 16.7 Å². The molecule has 5 aromatic rings. The van der Waals surface area contributed by atoms with E-state index in [0.717, 1.165) is 40.8 Å². The van der Waals surface area contributed by atoms with Gasteiger partial charge in [-0.3, -0.25) is 4.98 Å². The van der Waals surface area contributed by atoms with Crippen LogP contribution in [0.4, 0.5) is 10.2 Å². The van der Waals surface area contributed by atoms with Crippen molar-refractivity contribution in [1.82, 2.24) is 19.5 Å². The average molecular weight is 510 g/mol. The van der Waals surface area contributed by atoms with Crippen molar-refractivity contribution in [3.8, 4) is 22.9 Å². The van der Waals surface area contributed by atoms with Gasteiger partial charge in [0.2, 0.25) is 0 Å². The SMILES string of the molecule is Cc1ccc(COc2cc(F)cc(Oc3ccc(-n4cc(C5CCCC5)c5ncnc(N)c54)cc3)c2)cn1. The van der Waals surface area contributed by atoms with Crippen molar-refractivity contribution in [3.63, 3.8) is 0 Å². The third-order valence-electron chi connectivity index (χ3n) is 7.00. The van der Waals surface area contributed by atoms with Gasteiger partial charge in [-0.2, -0.15) is 0 Å². The minimum Gasteiger partial charge on any atom is -0.489 e. The third kappa shape index (κ3) is 4.89. The molecule has 0 unspecified atom stereocenters. The van der Waals surface area contributed by atoms with Gasteiger partial charge in [0.1, 0.15) is 41.5 Å². The summed E-state index contributed by atoms with van der Waals surface area (Å²) in [6.07, 6.45) is 10.2. The van der Waals surface area contributed by atoms with E-state index in [4.69, 9.17) is 15.2 Å². The van der Waals surface area contributed by atoms with E-state index >= 15 is 0 Å². The van der Waals surface area contributed by atoms with E-state index in [1.54, 1.807) is 12.3 Å². The largest absolute Gasteiger partial charge is 0.489 e. The van der Waals surface area contributed by atoms with E-state index in [-0.39, 0.29) is 6.61 Å². The number of hydrogen-bond acceptors (Lipinski definition) is 6. The van der Waals surface area contributed by atoms with Gasteiger partial charge in [-0.25, -0.2) is 14.4 Å². The molecule has 0 bridgehead atoms. The average Bonchev–Trinajstić information content (AvgIpc) is 3.58. The second-order valence-electron chi connectivity index (χ2n) is 9.71. The quantitative estimate of drug-likeness (QED) is 0.257. The fourth-order valence-corrected chi connectivity index (χ4v) is 5.09. The summed E-state index contributed by atoms with van der Waals surface area (Å²) in [4.78, 5) is 13.1. The number of nitrogen functional groups attached to an aromatic ring is 1. The smallest absolute Gasteiger partial charge is 0.151 e. The van der Waals surface area contributed by atoms with E-state index in [1.807, 2.05) is 43.3 Å². The van der Waals surface area contributed by atoms with E-state index in [0.29, 0.717) is 29.0 Å². The zero-order valence-corrected chi connectivity index (χ0v) is 21.1. The molecule has 192 valence electrons. The normalized spacial score (nSPS) is 13.7. The first-order valence-electron chi connectivity index (χ1n) is 12.8. The summed E-state index contributed by atoms with van der Waals surface area (Å²) in [6, 6.07) is 15.8. The molecule has 8 heteroatoms. The lowest BCUT2D eigenvalue weighted by molar-refractivity contribution is 0.302. The van der Waals surface area contributed by atoms with Crippen molar-refractivity contribution in [1.29, 1.82) is 0 Å². The maximum Gasteiger partial charge on any atom is 0.151 e. The van der Waals surface area contributed by atoms with Gasteiger partial charge in [0.25, 0.3) is 0 Å². The standard InChI is InChI=1S/C30H28FN5O2/c1-19-6-7-20(15-33-19)17-37-25-12-22(31)13-26(14-25)38-24-10-8-23(9-11-24)36-16-27(21-4-2-3-5-21)28-29(36)30(32)35-18-34-28/h6-16,18,21H,2-5,17H2,1H3,(H2,32,34,35). The number of anilines is 1. The Morgan fingerprint density at radius 1 is 0.947 bits per heavy atom. The first kappa shape index (κ1) is 23.9. The molecular weight excluding hydrogens is 481 g/mol. The lowest BCUT2D eigenvalue weighted by atomic mass is 10.00. The minimum atomic E-state index is -0.440. The lowest BCUT2D eigenvalue weighted by Gasteiger charge is -2.11. The highest BCUT2D eigenvalue weighted by molar-refractivity contribution is 5.90. The molecule has 0 aliphatic heterocycles. The predicted octanol–water partition coefficient (Wildman–Crippen LogP) is 6.87. The topological polar surface area (TPSA) is 88.1 Å². The van der Waals surface area contributed by atoms with E-state index < -0.39 is 5.82 Å². The third-order valence-corrected chi connectivity index (χ3v) is 7.00. The Hall–Kier alpha value is -4.46. The Bertz CT molecular complexity index is 1580. The highest BCUT2D eigenvalue weighted by Gasteiger charge is 2.24. The van der Waals surface area contributed by atoms with Crippen LogP contribution in [0.2, 0.25) is 0 Å². The van der Waals surface area contributed by atoms with Crippen LogP contribution in [0.3, 0.4) is 0 Å². The molecule has 2 aromatic carbocycles. The van der Waals surface area contributed by atoms with Crippen LogP contribution in [-0.2, 0) is 6.61 Å². The molecule has 0 saturated heterocycles. The van der Waals surface area contributed by atoms with Crippen molar-refractivity contribution < 1.29 is 13.9 Å². The number of hydrogen-bond donors (Lipinski definition) is 1. The maximum absolute atomic E-state index is 14.3. The molecule has 0 spiro atoms. The van der Waals surface area contributed by atoms with Crippen LogP contribution in [0.15, 0.2) is 73.3 Å². The Labute approximate surface area is 220 Å². The van der Waals surface area contributed by atoms with Crippen LogP contribution >= 0.6 is 0 Å². The molecule has 0 radical (unpaired) electrons. The molecule has 0 atom stereocenters. The zero-order valence-electron chi connectivity index (χ0n) is 21.1. The van der Waals surface area contributed by atoms with Gasteiger partial charge < -0.3 is 19.8 Å². The number of aromatic nitrogens is 4. The minimum absolute atomic E-state index is 0.283. The molecule has 1 aliphatic carbocycles. The number of aryl methyl sites for hydroxylation is 1. The summed E-state index contributed by atoms with van der Waals surface area (Å²) in [7, 11) is 0. The van der Waals surface area contributed by atoms with Crippen molar-refractivity contribution in [2.45, 2.75) is 45.1 Å². The van der Waals surface area contributed by atoms with Gasteiger partial charge in [0, 0.05) is 47.5 Å². The lowest BCUT2D eigenvalue weighted by Crippen LogP contribution is -1.99. The zero-order chi connectivity index (χ0) is 26.1. The Kier molecular flexibility index (Phi) is 6.37. The molecule has 0 amide bonds. The number of benzene rings is 2. The molecule has 7 nitrogen and oxygen atoms in total. The molecule has 1 saturated carbocycles. The number of halogens is 1. The summed E-state index contributed by atoms with van der Waals surface area (Å²) in [5.74, 6) is 1.80. The van der Waals surface area contributed by atoms with Crippen LogP contribution in [0, 0.1) is 12.7 Å². The van der Waals surface area contributed by atoms with E-state index in [9.17, 15) is 4.39 Å². The van der Waals surface area contributed by atoms with Crippen LogP contribution in [-0.4, -0.2) is 19.5 Å². The van der Waals surface area contributed by atoms with Crippen molar-refractivity contribution >= 4 is 16.9 Å². The molecule has 3 aromatic heterocycles. The number of fused-ring (bicyclic) bond motifs is 1. The summed E-state index contributed by atoms with van der Waals surface area (Å²) in [5, 5.41) is 0. The number of nitrogens with zero attached hydrogens (tertiary/aromatic N) is 4. The first-order chi connectivity index (χ1) is 18.5. The second-order valence-corrected chi connectivity index (χ2v) is 9.71. The van der Waals surface area contributed by atoms with Crippen molar-refractivity contribution in [2.75, 3.05) is 5.73 Å². The van der Waals surface area contributed by atoms with Crippen LogP contribution in [0.1, 0.15) is 48.4 Å². The number of rotatable bonds is 7. The van der Waals surface area contributed by atoms with Crippen molar-refractivity contribution in [2.24, 2.45) is 0 Å².